The maximum Gasteiger partial charge on any atom is 0.222 e. The Morgan fingerprint density at radius 2 is 1.89 bits per heavy atom. The Morgan fingerprint density at radius 1 is 1.17 bits per heavy atom. The van der Waals surface area contributed by atoms with E-state index in [-0.39, 0.29) is 5.56 Å². The number of aliphatic hydroxyl groups is 1. The van der Waals surface area contributed by atoms with Crippen LogP contribution in [0.2, 0.25) is 0 Å². The highest BCUT2D eigenvalue weighted by Crippen LogP contribution is 2.20. The van der Waals surface area contributed by atoms with Gasteiger partial charge in [0, 0.05) is 5.56 Å². The topological polar surface area (TPSA) is 29.5 Å². The molecule has 2 nitrogen and oxygen atoms in total. The zero-order valence-electron chi connectivity index (χ0n) is 11.1. The first kappa shape index (κ1) is 15.0. The Kier molecular flexibility index (Phi) is 7.42. The summed E-state index contributed by atoms with van der Waals surface area (Å²) in [6.45, 7) is 2.85. The molecule has 0 saturated heterocycles. The highest BCUT2D eigenvalue weighted by atomic mass is 19.1. The summed E-state index contributed by atoms with van der Waals surface area (Å²) in [5.74, 6) is 0.623. The van der Waals surface area contributed by atoms with E-state index in [0.29, 0.717) is 12.4 Å². The predicted molar refractivity (Wildman–Crippen MR) is 71.4 cm³/mol. The highest BCUT2D eigenvalue weighted by Gasteiger charge is 2.05. The molecule has 1 aromatic carbocycles. The molecule has 0 aromatic heterocycles. The SMILES string of the molecule is CCCCCCCCOc1cccc(C(O)F)c1. The molecule has 0 spiro atoms. The molecule has 1 aromatic rings. The lowest BCUT2D eigenvalue weighted by Gasteiger charge is -2.08. The number of ether oxygens (including phenoxy) is 1. The van der Waals surface area contributed by atoms with Gasteiger partial charge in [-0.25, -0.2) is 4.39 Å². The second-order valence-electron chi connectivity index (χ2n) is 4.52. The van der Waals surface area contributed by atoms with E-state index in [1.54, 1.807) is 24.3 Å². The van der Waals surface area contributed by atoms with Gasteiger partial charge in [-0.3, -0.25) is 0 Å². The number of aliphatic hydroxyl groups excluding tert-OH is 1. The van der Waals surface area contributed by atoms with Gasteiger partial charge in [-0.1, -0.05) is 51.2 Å². The first-order chi connectivity index (χ1) is 8.74. The fourth-order valence-corrected chi connectivity index (χ4v) is 1.82. The van der Waals surface area contributed by atoms with Gasteiger partial charge in [0.2, 0.25) is 6.36 Å². The predicted octanol–water partition coefficient (Wildman–Crippen LogP) is 4.39. The quantitative estimate of drug-likeness (QED) is 0.662. The van der Waals surface area contributed by atoms with Crippen molar-refractivity contribution in [1.29, 1.82) is 0 Å². The van der Waals surface area contributed by atoms with Gasteiger partial charge in [-0.2, -0.15) is 0 Å². The zero-order valence-corrected chi connectivity index (χ0v) is 11.1. The summed E-state index contributed by atoms with van der Waals surface area (Å²) in [6, 6.07) is 6.56. The lowest BCUT2D eigenvalue weighted by atomic mass is 10.1. The molecule has 0 bridgehead atoms. The van der Waals surface area contributed by atoms with Gasteiger partial charge in [-0.15, -0.1) is 0 Å². The monoisotopic (exact) mass is 254 g/mol. The molecule has 0 aliphatic carbocycles. The fraction of sp³-hybridized carbons (Fsp3) is 0.600. The third-order valence-electron chi connectivity index (χ3n) is 2.90. The average Bonchev–Trinajstić information content (AvgIpc) is 2.38. The van der Waals surface area contributed by atoms with Crippen molar-refractivity contribution in [3.05, 3.63) is 29.8 Å². The minimum Gasteiger partial charge on any atom is -0.494 e. The molecule has 1 N–H and O–H groups in total. The van der Waals surface area contributed by atoms with Gasteiger partial charge in [0.05, 0.1) is 6.61 Å². The Balaban J connectivity index is 2.17. The van der Waals surface area contributed by atoms with Crippen LogP contribution in [0.25, 0.3) is 0 Å². The van der Waals surface area contributed by atoms with E-state index in [2.05, 4.69) is 6.92 Å². The number of halogens is 1. The summed E-state index contributed by atoms with van der Waals surface area (Å²) in [7, 11) is 0. The number of alkyl halides is 1. The standard InChI is InChI=1S/C15H23FO2/c1-2-3-4-5-6-7-11-18-14-10-8-9-13(12-14)15(16)17/h8-10,12,15,17H,2-7,11H2,1H3. The largest absolute Gasteiger partial charge is 0.494 e. The van der Waals surface area contributed by atoms with Gasteiger partial charge < -0.3 is 9.84 Å². The minimum absolute atomic E-state index is 0.246. The van der Waals surface area contributed by atoms with Crippen LogP contribution in [0.3, 0.4) is 0 Å². The lowest BCUT2D eigenvalue weighted by Crippen LogP contribution is -1.98. The molecule has 18 heavy (non-hydrogen) atoms. The Hall–Kier alpha value is -1.09. The molecular weight excluding hydrogens is 231 g/mol. The molecular formula is C15H23FO2. The van der Waals surface area contributed by atoms with Crippen molar-refractivity contribution in [3.8, 4) is 5.75 Å². The van der Waals surface area contributed by atoms with Crippen LogP contribution in [0.5, 0.6) is 5.75 Å². The van der Waals surface area contributed by atoms with E-state index >= 15 is 0 Å². The molecule has 3 heteroatoms. The summed E-state index contributed by atoms with van der Waals surface area (Å²) in [6.07, 6.45) is 5.37. The van der Waals surface area contributed by atoms with E-state index in [9.17, 15) is 4.39 Å². The number of unbranched alkanes of at least 4 members (excludes halogenated alkanes) is 5. The van der Waals surface area contributed by atoms with Crippen molar-refractivity contribution in [3.63, 3.8) is 0 Å². The second kappa shape index (κ2) is 8.92. The average molecular weight is 254 g/mol. The Labute approximate surface area is 109 Å². The molecule has 0 aliphatic rings. The van der Waals surface area contributed by atoms with Gasteiger partial charge in [-0.05, 0) is 18.6 Å². The maximum atomic E-state index is 12.7. The van der Waals surface area contributed by atoms with Crippen molar-refractivity contribution in [2.75, 3.05) is 6.61 Å². The third-order valence-corrected chi connectivity index (χ3v) is 2.90. The highest BCUT2D eigenvalue weighted by molar-refractivity contribution is 5.29. The molecule has 1 rings (SSSR count). The van der Waals surface area contributed by atoms with E-state index in [1.807, 2.05) is 0 Å². The Bertz CT molecular complexity index is 326. The molecule has 1 atom stereocenters. The van der Waals surface area contributed by atoms with Gasteiger partial charge in [0.15, 0.2) is 0 Å². The first-order valence-electron chi connectivity index (χ1n) is 6.79. The third kappa shape index (κ3) is 6.01. The minimum atomic E-state index is -1.93. The van der Waals surface area contributed by atoms with Gasteiger partial charge in [0.25, 0.3) is 0 Å². The van der Waals surface area contributed by atoms with E-state index in [4.69, 9.17) is 9.84 Å². The van der Waals surface area contributed by atoms with Crippen molar-refractivity contribution in [1.82, 2.24) is 0 Å². The summed E-state index contributed by atoms with van der Waals surface area (Å²) in [5.41, 5.74) is 0.246. The van der Waals surface area contributed by atoms with Crippen LogP contribution in [0.15, 0.2) is 24.3 Å². The number of hydrogen-bond donors (Lipinski definition) is 1. The molecule has 0 amide bonds. The van der Waals surface area contributed by atoms with Crippen LogP contribution in [-0.2, 0) is 0 Å². The van der Waals surface area contributed by atoms with Crippen molar-refractivity contribution < 1.29 is 14.2 Å². The molecule has 0 radical (unpaired) electrons. The molecule has 0 saturated carbocycles. The van der Waals surface area contributed by atoms with Crippen LogP contribution < -0.4 is 4.74 Å². The van der Waals surface area contributed by atoms with Crippen LogP contribution in [-0.4, -0.2) is 11.7 Å². The molecule has 102 valence electrons. The summed E-state index contributed by atoms with van der Waals surface area (Å²) in [5, 5.41) is 8.82. The summed E-state index contributed by atoms with van der Waals surface area (Å²) >= 11 is 0. The van der Waals surface area contributed by atoms with Gasteiger partial charge in [0.1, 0.15) is 5.75 Å². The number of rotatable bonds is 9. The van der Waals surface area contributed by atoms with Crippen molar-refractivity contribution >= 4 is 0 Å². The van der Waals surface area contributed by atoms with E-state index < -0.39 is 6.36 Å². The Morgan fingerprint density at radius 3 is 2.61 bits per heavy atom. The lowest BCUT2D eigenvalue weighted by molar-refractivity contribution is 0.0408. The molecule has 0 aliphatic heterocycles. The van der Waals surface area contributed by atoms with Gasteiger partial charge >= 0.3 is 0 Å². The van der Waals surface area contributed by atoms with Crippen molar-refractivity contribution in [2.45, 2.75) is 51.8 Å². The van der Waals surface area contributed by atoms with Crippen LogP contribution in [0.4, 0.5) is 4.39 Å². The molecule has 1 unspecified atom stereocenters. The summed E-state index contributed by atoms with van der Waals surface area (Å²) in [4.78, 5) is 0. The van der Waals surface area contributed by atoms with Crippen molar-refractivity contribution in [2.24, 2.45) is 0 Å². The molecule has 0 heterocycles. The smallest absolute Gasteiger partial charge is 0.222 e. The number of benzene rings is 1. The summed E-state index contributed by atoms with van der Waals surface area (Å²) < 4.78 is 18.2. The van der Waals surface area contributed by atoms with Crippen LogP contribution in [0.1, 0.15) is 57.4 Å². The zero-order chi connectivity index (χ0) is 13.2. The first-order valence-corrected chi connectivity index (χ1v) is 6.79. The fourth-order valence-electron chi connectivity index (χ4n) is 1.82. The molecule has 0 fully saturated rings. The maximum absolute atomic E-state index is 12.7. The van der Waals surface area contributed by atoms with E-state index in [0.717, 1.165) is 6.42 Å². The number of hydrogen-bond acceptors (Lipinski definition) is 2. The van der Waals surface area contributed by atoms with E-state index in [1.165, 1.54) is 32.1 Å². The normalized spacial score (nSPS) is 12.4. The van der Waals surface area contributed by atoms with Crippen LogP contribution in [0, 0.1) is 0 Å². The second-order valence-corrected chi connectivity index (χ2v) is 4.52. The van der Waals surface area contributed by atoms with Crippen LogP contribution >= 0.6 is 0 Å².